The molecule has 1 heterocycles. The van der Waals surface area contributed by atoms with Gasteiger partial charge in [-0.05, 0) is 35.9 Å². The molecule has 174 valence electrons. The summed E-state index contributed by atoms with van der Waals surface area (Å²) in [6.45, 7) is 5.46. The molecule has 2 aromatic carbocycles. The molecule has 0 atom stereocenters. The predicted molar refractivity (Wildman–Crippen MR) is 135 cm³/mol. The highest BCUT2D eigenvalue weighted by molar-refractivity contribution is 6.10. The van der Waals surface area contributed by atoms with Gasteiger partial charge in [0.15, 0.2) is 5.78 Å². The van der Waals surface area contributed by atoms with E-state index in [0.29, 0.717) is 22.5 Å². The second kappa shape index (κ2) is 8.45. The van der Waals surface area contributed by atoms with Crippen molar-refractivity contribution in [2.45, 2.75) is 20.8 Å². The van der Waals surface area contributed by atoms with Crippen LogP contribution in [0.25, 0.3) is 33.4 Å². The molecule has 1 aliphatic heterocycles. The summed E-state index contributed by atoms with van der Waals surface area (Å²) >= 11 is 0. The van der Waals surface area contributed by atoms with Gasteiger partial charge in [0, 0.05) is 66.5 Å². The minimum Gasteiger partial charge on any atom is -0.478 e. The Morgan fingerprint density at radius 2 is 1.65 bits per heavy atom. The fourth-order valence-corrected chi connectivity index (χ4v) is 4.09. The summed E-state index contributed by atoms with van der Waals surface area (Å²) in [7, 11) is 5.61. The van der Waals surface area contributed by atoms with Crippen LogP contribution < -0.4 is 10.3 Å². The Labute approximate surface area is 198 Å². The summed E-state index contributed by atoms with van der Waals surface area (Å²) in [5.41, 5.74) is 3.48. The Morgan fingerprint density at radius 3 is 2.26 bits per heavy atom. The van der Waals surface area contributed by atoms with Crippen LogP contribution in [0.3, 0.4) is 0 Å². The molecule has 0 spiro atoms. The summed E-state index contributed by atoms with van der Waals surface area (Å²) < 4.78 is 6.26. The van der Waals surface area contributed by atoms with Crippen molar-refractivity contribution in [2.24, 2.45) is 10.4 Å². The Hall–Kier alpha value is -3.93. The summed E-state index contributed by atoms with van der Waals surface area (Å²) in [5.74, 6) is -0.595. The molecule has 0 amide bonds. The number of carbonyl (C=O) groups excluding carboxylic acids is 1. The van der Waals surface area contributed by atoms with Gasteiger partial charge >= 0.3 is 5.97 Å². The van der Waals surface area contributed by atoms with Crippen LogP contribution in [0.4, 0.5) is 5.69 Å². The number of aromatic carboxylic acids is 1. The maximum Gasteiger partial charge on any atom is 0.336 e. The highest BCUT2D eigenvalue weighted by atomic mass is 16.4. The monoisotopic (exact) mass is 456 g/mol. The number of carbonyl (C=O) groups is 2. The van der Waals surface area contributed by atoms with Crippen LogP contribution in [-0.4, -0.2) is 38.0 Å². The van der Waals surface area contributed by atoms with Crippen LogP contribution in [0.15, 0.2) is 64.0 Å². The molecular weight excluding hydrogens is 428 g/mol. The smallest absolute Gasteiger partial charge is 0.336 e. The number of nitrogens with zero attached hydrogens (tertiary/aromatic N) is 2. The number of carboxylic acid groups (broad SMARTS) is 1. The molecule has 0 saturated heterocycles. The molecule has 34 heavy (non-hydrogen) atoms. The van der Waals surface area contributed by atoms with E-state index in [4.69, 9.17) is 4.42 Å². The molecule has 2 aliphatic rings. The topological polar surface area (TPSA) is 83.1 Å². The van der Waals surface area contributed by atoms with Crippen molar-refractivity contribution in [3.8, 4) is 22.5 Å². The van der Waals surface area contributed by atoms with Gasteiger partial charge in [0.05, 0.1) is 10.9 Å². The fourth-order valence-electron chi connectivity index (χ4n) is 4.09. The van der Waals surface area contributed by atoms with Gasteiger partial charge in [0.2, 0.25) is 0 Å². The first-order chi connectivity index (χ1) is 16.0. The van der Waals surface area contributed by atoms with Crippen molar-refractivity contribution in [1.82, 2.24) is 0 Å². The van der Waals surface area contributed by atoms with Crippen molar-refractivity contribution in [1.29, 1.82) is 0 Å². The van der Waals surface area contributed by atoms with E-state index in [2.05, 4.69) is 4.99 Å². The van der Waals surface area contributed by atoms with Crippen LogP contribution in [0.5, 0.6) is 0 Å². The van der Waals surface area contributed by atoms with Crippen molar-refractivity contribution >= 4 is 28.4 Å². The highest BCUT2D eigenvalue weighted by Gasteiger charge is 2.26. The molecule has 6 heteroatoms. The Kier molecular flexibility index (Phi) is 5.77. The average molecular weight is 457 g/mol. The standard InChI is InChI=1S/C28H28N2O4/c1-28(2,3)26(31)16-7-10-19(22(13-16)27(32)33)25-20-11-8-17(29-4)14-23(20)34-24-15-18(30(5)6)9-12-21(24)25/h7-15H,1-6H3,(H,32,33). The molecule has 0 saturated carbocycles. The van der Waals surface area contributed by atoms with Crippen LogP contribution in [0, 0.1) is 5.41 Å². The van der Waals surface area contributed by atoms with Crippen molar-refractivity contribution in [3.63, 3.8) is 0 Å². The molecule has 2 aromatic rings. The van der Waals surface area contributed by atoms with Gasteiger partial charge in [-0.15, -0.1) is 0 Å². The van der Waals surface area contributed by atoms with Gasteiger partial charge in [-0.3, -0.25) is 9.79 Å². The summed E-state index contributed by atoms with van der Waals surface area (Å²) in [6, 6.07) is 16.4. The zero-order chi connectivity index (χ0) is 24.8. The first-order valence-electron chi connectivity index (χ1n) is 11.0. The van der Waals surface area contributed by atoms with E-state index in [-0.39, 0.29) is 11.3 Å². The van der Waals surface area contributed by atoms with Gasteiger partial charge in [-0.1, -0.05) is 32.9 Å². The number of Topliss-reactive ketones (excluding diaryl/α,β-unsaturated/α-hetero) is 1. The average Bonchev–Trinajstić information content (AvgIpc) is 2.80. The third-order valence-electron chi connectivity index (χ3n) is 5.93. The van der Waals surface area contributed by atoms with Gasteiger partial charge in [0.25, 0.3) is 0 Å². The lowest BCUT2D eigenvalue weighted by Gasteiger charge is -2.20. The maximum atomic E-state index is 12.9. The number of hydrogen-bond acceptors (Lipinski definition) is 5. The van der Waals surface area contributed by atoms with Crippen LogP contribution in [-0.2, 0) is 0 Å². The van der Waals surface area contributed by atoms with Gasteiger partial charge in [0.1, 0.15) is 11.3 Å². The number of rotatable bonds is 4. The SMILES string of the molecule is CN=c1ccc2c(-c3ccc(C(=O)C(C)(C)C)cc3C(=O)O)c3ccc(N(C)C)cc3oc-2c1. The molecule has 0 aromatic heterocycles. The minimum absolute atomic E-state index is 0.0739. The third-order valence-corrected chi connectivity index (χ3v) is 5.93. The summed E-state index contributed by atoms with van der Waals surface area (Å²) in [4.78, 5) is 31.5. The summed E-state index contributed by atoms with van der Waals surface area (Å²) in [5, 5.41) is 11.7. The zero-order valence-corrected chi connectivity index (χ0v) is 20.3. The first-order valence-corrected chi connectivity index (χ1v) is 11.0. The van der Waals surface area contributed by atoms with Crippen molar-refractivity contribution in [3.05, 3.63) is 71.1 Å². The molecule has 0 bridgehead atoms. The number of ketones is 1. The lowest BCUT2D eigenvalue weighted by molar-refractivity contribution is 0.0697. The second-order valence-corrected chi connectivity index (χ2v) is 9.60. The van der Waals surface area contributed by atoms with E-state index >= 15 is 0 Å². The largest absolute Gasteiger partial charge is 0.478 e. The molecule has 6 nitrogen and oxygen atoms in total. The number of fused-ring (bicyclic) bond motifs is 2. The Morgan fingerprint density at radius 1 is 0.941 bits per heavy atom. The molecule has 0 unspecified atom stereocenters. The molecule has 4 rings (SSSR count). The van der Waals surface area contributed by atoms with Gasteiger partial charge in [-0.2, -0.15) is 0 Å². The van der Waals surface area contributed by atoms with E-state index < -0.39 is 11.4 Å². The minimum atomic E-state index is -1.09. The van der Waals surface area contributed by atoms with E-state index in [1.165, 1.54) is 6.07 Å². The normalized spacial score (nSPS) is 12.4. The van der Waals surface area contributed by atoms with Crippen LogP contribution in [0.2, 0.25) is 0 Å². The lowest BCUT2D eigenvalue weighted by atomic mass is 9.84. The molecule has 0 fully saturated rings. The van der Waals surface area contributed by atoms with E-state index in [9.17, 15) is 14.7 Å². The quantitative estimate of drug-likeness (QED) is 0.313. The van der Waals surface area contributed by atoms with Crippen molar-refractivity contribution < 1.29 is 19.1 Å². The number of benzene rings is 3. The van der Waals surface area contributed by atoms with E-state index in [1.54, 1.807) is 19.2 Å². The van der Waals surface area contributed by atoms with Gasteiger partial charge < -0.3 is 14.4 Å². The van der Waals surface area contributed by atoms with Gasteiger partial charge in [-0.25, -0.2) is 4.79 Å². The van der Waals surface area contributed by atoms with E-state index in [0.717, 1.165) is 27.6 Å². The van der Waals surface area contributed by atoms with Crippen LogP contribution in [0.1, 0.15) is 41.5 Å². The molecule has 0 radical (unpaired) electrons. The lowest BCUT2D eigenvalue weighted by Crippen LogP contribution is -2.20. The third kappa shape index (κ3) is 4.07. The highest BCUT2D eigenvalue weighted by Crippen LogP contribution is 2.42. The van der Waals surface area contributed by atoms with Crippen LogP contribution >= 0.6 is 0 Å². The predicted octanol–water partition coefficient (Wildman–Crippen LogP) is 5.73. The van der Waals surface area contributed by atoms with Crippen molar-refractivity contribution in [2.75, 3.05) is 26.0 Å². The second-order valence-electron chi connectivity index (χ2n) is 9.60. The number of hydrogen-bond donors (Lipinski definition) is 1. The fraction of sp³-hybridized carbons (Fsp3) is 0.250. The zero-order valence-electron chi connectivity index (χ0n) is 20.3. The Balaban J connectivity index is 2.10. The number of carboxylic acids is 1. The molecule has 1 aliphatic carbocycles. The molecule has 1 N–H and O–H groups in total. The maximum absolute atomic E-state index is 12.9. The number of anilines is 1. The summed E-state index contributed by atoms with van der Waals surface area (Å²) in [6.07, 6.45) is 0. The Bertz CT molecular complexity index is 1470. The van der Waals surface area contributed by atoms with E-state index in [1.807, 2.05) is 76.2 Å². The first kappa shape index (κ1) is 23.2. The molecular formula is C28H28N2O4.